The molecule has 2 unspecified atom stereocenters. The molecule has 1 saturated heterocycles. The number of aryl methyl sites for hydroxylation is 1. The maximum atomic E-state index is 14.3. The fraction of sp³-hybridized carbons (Fsp3) is 0.375. The number of nitrogens with one attached hydrogen (secondary N) is 2. The fourth-order valence-electron chi connectivity index (χ4n) is 4.70. The molecule has 1 aliphatic rings. The molecule has 2 atom stereocenters. The summed E-state index contributed by atoms with van der Waals surface area (Å²) < 4.78 is 28.7. The summed E-state index contributed by atoms with van der Waals surface area (Å²) in [4.78, 5) is 40.8. The van der Waals surface area contributed by atoms with Gasteiger partial charge in [-0.1, -0.05) is 50.2 Å². The van der Waals surface area contributed by atoms with Crippen LogP contribution in [0, 0.1) is 19.3 Å². The Balaban J connectivity index is 0.000000428. The second kappa shape index (κ2) is 14.2. The van der Waals surface area contributed by atoms with Crippen molar-refractivity contribution in [2.45, 2.75) is 58.7 Å². The molecule has 4 rings (SSSR count). The molecule has 11 heteroatoms. The van der Waals surface area contributed by atoms with Crippen LogP contribution in [0.15, 0.2) is 66.9 Å². The largest absolute Gasteiger partial charge is 0.508 e. The lowest BCUT2D eigenvalue weighted by Crippen LogP contribution is -2.52. The fourth-order valence-corrected chi connectivity index (χ4v) is 4.70. The lowest BCUT2D eigenvalue weighted by molar-refractivity contribution is -0.142. The minimum Gasteiger partial charge on any atom is -0.508 e. The molecular weight excluding hydrogens is 558 g/mol. The van der Waals surface area contributed by atoms with Crippen molar-refractivity contribution < 1.29 is 33.4 Å². The number of aromatic nitrogens is 1. The van der Waals surface area contributed by atoms with Gasteiger partial charge in [-0.3, -0.25) is 19.4 Å². The SMILES string of the molecule is Cc1cc(O)c(C)c(C(=O)NC(Cc2ccccc2)C(O)C(=O)N2CC(C)(C)C(F)(F)C2)c1.O=CNCc1ccccn1. The summed E-state index contributed by atoms with van der Waals surface area (Å²) >= 11 is 0. The van der Waals surface area contributed by atoms with Gasteiger partial charge in [0.2, 0.25) is 6.41 Å². The van der Waals surface area contributed by atoms with Crippen LogP contribution in [0.3, 0.4) is 0 Å². The number of aliphatic hydroxyl groups excluding tert-OH is 1. The highest BCUT2D eigenvalue weighted by atomic mass is 19.3. The Labute approximate surface area is 250 Å². The zero-order valence-electron chi connectivity index (χ0n) is 24.7. The average molecular weight is 597 g/mol. The van der Waals surface area contributed by atoms with Crippen LogP contribution in [0.1, 0.15) is 46.6 Å². The van der Waals surface area contributed by atoms with E-state index in [4.69, 9.17) is 0 Å². The molecule has 230 valence electrons. The molecule has 1 fully saturated rings. The first-order valence-electron chi connectivity index (χ1n) is 13.8. The Hall–Kier alpha value is -4.38. The van der Waals surface area contributed by atoms with Gasteiger partial charge in [0.15, 0.2) is 6.10 Å². The molecular formula is C32H38F2N4O5. The molecule has 3 aromatic rings. The topological polar surface area (TPSA) is 132 Å². The molecule has 0 saturated carbocycles. The number of aliphatic hydroxyl groups is 1. The number of carbonyl (C=O) groups excluding carboxylic acids is 3. The van der Waals surface area contributed by atoms with Crippen LogP contribution in [0.5, 0.6) is 5.75 Å². The zero-order chi connectivity index (χ0) is 31.8. The predicted molar refractivity (Wildman–Crippen MR) is 157 cm³/mol. The van der Waals surface area contributed by atoms with Gasteiger partial charge in [0.05, 0.1) is 24.8 Å². The van der Waals surface area contributed by atoms with Gasteiger partial charge in [-0.05, 0) is 55.7 Å². The quantitative estimate of drug-likeness (QED) is 0.280. The number of benzene rings is 2. The second-order valence-corrected chi connectivity index (χ2v) is 11.3. The van der Waals surface area contributed by atoms with E-state index in [1.54, 1.807) is 50.4 Å². The van der Waals surface area contributed by atoms with Crippen LogP contribution in [0.25, 0.3) is 0 Å². The van der Waals surface area contributed by atoms with Crippen molar-refractivity contribution in [3.05, 3.63) is 94.8 Å². The van der Waals surface area contributed by atoms with Gasteiger partial charge in [0.25, 0.3) is 17.7 Å². The first-order chi connectivity index (χ1) is 20.3. The number of rotatable bonds is 9. The molecule has 3 amide bonds. The van der Waals surface area contributed by atoms with Crippen molar-refractivity contribution in [3.8, 4) is 5.75 Å². The van der Waals surface area contributed by atoms with Crippen LogP contribution >= 0.6 is 0 Å². The van der Waals surface area contributed by atoms with E-state index in [2.05, 4.69) is 15.6 Å². The van der Waals surface area contributed by atoms with Gasteiger partial charge < -0.3 is 25.7 Å². The van der Waals surface area contributed by atoms with Crippen LogP contribution < -0.4 is 10.6 Å². The molecule has 2 heterocycles. The Morgan fingerprint density at radius 1 is 1.07 bits per heavy atom. The average Bonchev–Trinajstić information content (AvgIpc) is 3.20. The summed E-state index contributed by atoms with van der Waals surface area (Å²) in [6.07, 6.45) is 0.748. The third-order valence-corrected chi connectivity index (χ3v) is 7.39. The van der Waals surface area contributed by atoms with Crippen molar-refractivity contribution in [3.63, 3.8) is 0 Å². The third kappa shape index (κ3) is 8.57. The number of pyridine rings is 1. The minimum absolute atomic E-state index is 0.0436. The van der Waals surface area contributed by atoms with Crippen molar-refractivity contribution in [1.82, 2.24) is 20.5 Å². The summed E-state index contributed by atoms with van der Waals surface area (Å²) in [7, 11) is 0. The minimum atomic E-state index is -3.09. The normalized spacial score (nSPS) is 16.3. The molecule has 0 spiro atoms. The lowest BCUT2D eigenvalue weighted by Gasteiger charge is -2.28. The van der Waals surface area contributed by atoms with E-state index in [1.165, 1.54) is 19.9 Å². The molecule has 0 bridgehead atoms. The number of hydrogen-bond donors (Lipinski definition) is 4. The molecule has 4 N–H and O–H groups in total. The standard InChI is InChI=1S/C25H30F2N2O4.C7H8N2O/c1-15-10-18(16(2)20(30)11-15)22(32)28-19(12-17-8-6-5-7-9-17)21(31)23(33)29-13-24(3,4)25(26,27)14-29;10-6-8-5-7-3-1-2-4-9-7/h5-11,19,21,30-31H,12-14H2,1-4H3,(H,28,32);1-4,6H,5H2,(H,8,10). The summed E-state index contributed by atoms with van der Waals surface area (Å²) in [6, 6.07) is 16.6. The highest BCUT2D eigenvalue weighted by Gasteiger charge is 2.56. The van der Waals surface area contributed by atoms with E-state index in [0.717, 1.165) is 16.2 Å². The summed E-state index contributed by atoms with van der Waals surface area (Å²) in [5.74, 6) is -4.56. The van der Waals surface area contributed by atoms with Gasteiger partial charge in [-0.25, -0.2) is 8.78 Å². The van der Waals surface area contributed by atoms with Gasteiger partial charge in [0.1, 0.15) is 5.75 Å². The number of hydrogen-bond acceptors (Lipinski definition) is 6. The van der Waals surface area contributed by atoms with Gasteiger partial charge in [0, 0.05) is 29.3 Å². The van der Waals surface area contributed by atoms with E-state index >= 15 is 0 Å². The van der Waals surface area contributed by atoms with Gasteiger partial charge >= 0.3 is 0 Å². The van der Waals surface area contributed by atoms with Crippen molar-refractivity contribution in [2.24, 2.45) is 5.41 Å². The number of phenols is 1. The van der Waals surface area contributed by atoms with E-state index in [-0.39, 0.29) is 24.3 Å². The summed E-state index contributed by atoms with van der Waals surface area (Å²) in [5.41, 5.74) is 1.44. The molecule has 0 radical (unpaired) electrons. The number of amides is 3. The molecule has 43 heavy (non-hydrogen) atoms. The van der Waals surface area contributed by atoms with Gasteiger partial charge in [-0.15, -0.1) is 0 Å². The van der Waals surface area contributed by atoms with E-state index in [1.807, 2.05) is 24.3 Å². The van der Waals surface area contributed by atoms with Crippen LogP contribution in [0.4, 0.5) is 8.78 Å². The Morgan fingerprint density at radius 3 is 2.33 bits per heavy atom. The first kappa shape index (κ1) is 33.1. The zero-order valence-corrected chi connectivity index (χ0v) is 24.7. The van der Waals surface area contributed by atoms with E-state index < -0.39 is 41.8 Å². The maximum Gasteiger partial charge on any atom is 0.271 e. The Morgan fingerprint density at radius 2 is 1.74 bits per heavy atom. The number of aromatic hydroxyl groups is 1. The van der Waals surface area contributed by atoms with Crippen molar-refractivity contribution in [2.75, 3.05) is 13.1 Å². The smallest absolute Gasteiger partial charge is 0.271 e. The van der Waals surface area contributed by atoms with Crippen molar-refractivity contribution >= 4 is 18.2 Å². The maximum absolute atomic E-state index is 14.3. The predicted octanol–water partition coefficient (Wildman–Crippen LogP) is 3.54. The number of alkyl halides is 2. The Kier molecular flexibility index (Phi) is 10.9. The molecule has 1 aromatic heterocycles. The number of halogens is 2. The van der Waals surface area contributed by atoms with Crippen LogP contribution in [-0.2, 0) is 22.6 Å². The molecule has 9 nitrogen and oxygen atoms in total. The number of nitrogens with zero attached hydrogens (tertiary/aromatic N) is 2. The highest BCUT2D eigenvalue weighted by Crippen LogP contribution is 2.43. The monoisotopic (exact) mass is 596 g/mol. The number of likely N-dealkylation sites (tertiary alicyclic amines) is 1. The van der Waals surface area contributed by atoms with E-state index in [9.17, 15) is 33.4 Å². The molecule has 1 aliphatic heterocycles. The Bertz CT molecular complexity index is 1390. The number of phenolic OH excluding ortho intramolecular Hbond substituents is 1. The molecule has 2 aromatic carbocycles. The summed E-state index contributed by atoms with van der Waals surface area (Å²) in [6.45, 7) is 5.59. The van der Waals surface area contributed by atoms with Crippen LogP contribution in [-0.4, -0.2) is 69.5 Å². The van der Waals surface area contributed by atoms with Gasteiger partial charge in [-0.2, -0.15) is 0 Å². The highest BCUT2D eigenvalue weighted by molar-refractivity contribution is 5.97. The first-order valence-corrected chi connectivity index (χ1v) is 13.8. The second-order valence-electron chi connectivity index (χ2n) is 11.3. The van der Waals surface area contributed by atoms with E-state index in [0.29, 0.717) is 24.1 Å². The lowest BCUT2D eigenvalue weighted by atomic mass is 9.89. The number of carbonyl (C=O) groups is 3. The molecule has 0 aliphatic carbocycles. The van der Waals surface area contributed by atoms with Crippen molar-refractivity contribution in [1.29, 1.82) is 0 Å². The third-order valence-electron chi connectivity index (χ3n) is 7.39. The van der Waals surface area contributed by atoms with Crippen LogP contribution in [0.2, 0.25) is 0 Å². The summed E-state index contributed by atoms with van der Waals surface area (Å²) in [5, 5.41) is 26.2.